The summed E-state index contributed by atoms with van der Waals surface area (Å²) in [6.07, 6.45) is 0.421. The Morgan fingerprint density at radius 1 is 1.00 bits per heavy atom. The average Bonchev–Trinajstić information content (AvgIpc) is 2.80. The highest BCUT2D eigenvalue weighted by molar-refractivity contribution is 5.85. The lowest BCUT2D eigenvalue weighted by Crippen LogP contribution is -2.36. The SMILES string of the molecule is COc1cc(CNCCc2cccc3ccccc23)ccc1OCC(O)CN(C)C(C)C. The topological polar surface area (TPSA) is 54.0 Å². The van der Waals surface area contributed by atoms with Crippen LogP contribution >= 0.6 is 0 Å². The largest absolute Gasteiger partial charge is 0.493 e. The van der Waals surface area contributed by atoms with Gasteiger partial charge in [0.1, 0.15) is 12.7 Å². The third-order valence-electron chi connectivity index (χ3n) is 5.82. The highest BCUT2D eigenvalue weighted by Gasteiger charge is 2.13. The van der Waals surface area contributed by atoms with Crippen LogP contribution in [0.25, 0.3) is 10.8 Å². The van der Waals surface area contributed by atoms with Crippen molar-refractivity contribution in [1.29, 1.82) is 0 Å². The quantitative estimate of drug-likeness (QED) is 0.416. The molecule has 0 aliphatic carbocycles. The standard InChI is InChI=1S/C27H36N2O3/c1-20(2)29(3)18-24(30)19-32-26-13-12-21(16-27(26)31-4)17-28-15-14-23-10-7-9-22-8-5-6-11-25(22)23/h5-13,16,20,24,28,30H,14-15,17-19H2,1-4H3. The molecule has 1 atom stereocenters. The summed E-state index contributed by atoms with van der Waals surface area (Å²) in [5, 5.41) is 16.4. The monoisotopic (exact) mass is 436 g/mol. The van der Waals surface area contributed by atoms with Gasteiger partial charge in [-0.3, -0.25) is 0 Å². The van der Waals surface area contributed by atoms with Gasteiger partial charge in [-0.25, -0.2) is 0 Å². The fourth-order valence-corrected chi connectivity index (χ4v) is 3.69. The van der Waals surface area contributed by atoms with Gasteiger partial charge in [-0.15, -0.1) is 0 Å². The van der Waals surface area contributed by atoms with E-state index in [1.807, 2.05) is 25.2 Å². The molecule has 0 fully saturated rings. The lowest BCUT2D eigenvalue weighted by atomic mass is 10.0. The smallest absolute Gasteiger partial charge is 0.161 e. The molecule has 0 heterocycles. The van der Waals surface area contributed by atoms with Crippen LogP contribution in [0.2, 0.25) is 0 Å². The van der Waals surface area contributed by atoms with E-state index in [0.29, 0.717) is 24.1 Å². The highest BCUT2D eigenvalue weighted by atomic mass is 16.5. The fraction of sp³-hybridized carbons (Fsp3) is 0.407. The molecule has 2 N–H and O–H groups in total. The second kappa shape index (κ2) is 11.9. The summed E-state index contributed by atoms with van der Waals surface area (Å²) < 4.78 is 11.3. The van der Waals surface area contributed by atoms with Crippen LogP contribution in [0.15, 0.2) is 60.7 Å². The van der Waals surface area contributed by atoms with Crippen LogP contribution in [-0.2, 0) is 13.0 Å². The zero-order chi connectivity index (χ0) is 22.9. The van der Waals surface area contributed by atoms with E-state index in [-0.39, 0.29) is 6.61 Å². The van der Waals surface area contributed by atoms with Crippen molar-refractivity contribution in [2.24, 2.45) is 0 Å². The van der Waals surface area contributed by atoms with Crippen LogP contribution in [0.4, 0.5) is 0 Å². The Balaban J connectivity index is 1.50. The molecule has 0 aliphatic rings. The molecular formula is C27H36N2O3. The van der Waals surface area contributed by atoms with Crippen LogP contribution in [0, 0.1) is 0 Å². The number of benzene rings is 3. The first kappa shape index (κ1) is 24.1. The van der Waals surface area contributed by atoms with Gasteiger partial charge in [0.2, 0.25) is 0 Å². The predicted molar refractivity (Wildman–Crippen MR) is 132 cm³/mol. The van der Waals surface area contributed by atoms with Gasteiger partial charge in [0.15, 0.2) is 11.5 Å². The zero-order valence-corrected chi connectivity index (χ0v) is 19.7. The maximum Gasteiger partial charge on any atom is 0.161 e. The molecule has 172 valence electrons. The fourth-order valence-electron chi connectivity index (χ4n) is 3.69. The number of fused-ring (bicyclic) bond motifs is 1. The number of hydrogen-bond acceptors (Lipinski definition) is 5. The van der Waals surface area contributed by atoms with Crippen molar-refractivity contribution in [3.63, 3.8) is 0 Å². The number of likely N-dealkylation sites (N-methyl/N-ethyl adjacent to an activating group) is 1. The maximum atomic E-state index is 10.2. The van der Waals surface area contributed by atoms with E-state index in [1.165, 1.54) is 16.3 Å². The summed E-state index contributed by atoms with van der Waals surface area (Å²) in [4.78, 5) is 2.10. The number of aliphatic hydroxyl groups excluding tert-OH is 1. The average molecular weight is 437 g/mol. The molecule has 0 saturated carbocycles. The van der Waals surface area contributed by atoms with Gasteiger partial charge in [-0.1, -0.05) is 48.5 Å². The van der Waals surface area contributed by atoms with E-state index in [1.54, 1.807) is 7.11 Å². The first-order valence-corrected chi connectivity index (χ1v) is 11.3. The Morgan fingerprint density at radius 3 is 2.56 bits per heavy atom. The van der Waals surface area contributed by atoms with Crippen molar-refractivity contribution in [1.82, 2.24) is 10.2 Å². The van der Waals surface area contributed by atoms with Crippen LogP contribution in [-0.4, -0.2) is 56.0 Å². The number of methoxy groups -OCH3 is 1. The number of ether oxygens (including phenoxy) is 2. The minimum atomic E-state index is -0.553. The van der Waals surface area contributed by atoms with Gasteiger partial charge in [-0.05, 0) is 67.9 Å². The first-order valence-electron chi connectivity index (χ1n) is 11.3. The summed E-state index contributed by atoms with van der Waals surface area (Å²) in [6.45, 7) is 6.65. The van der Waals surface area contributed by atoms with Gasteiger partial charge >= 0.3 is 0 Å². The summed E-state index contributed by atoms with van der Waals surface area (Å²) in [6, 6.07) is 21.3. The van der Waals surface area contributed by atoms with E-state index in [2.05, 4.69) is 66.5 Å². The second-order valence-electron chi connectivity index (χ2n) is 8.55. The molecule has 0 aromatic heterocycles. The summed E-state index contributed by atoms with van der Waals surface area (Å²) in [5.74, 6) is 1.33. The number of rotatable bonds is 12. The molecule has 32 heavy (non-hydrogen) atoms. The van der Waals surface area contributed by atoms with Gasteiger partial charge in [0.25, 0.3) is 0 Å². The van der Waals surface area contributed by atoms with Crippen LogP contribution in [0.1, 0.15) is 25.0 Å². The molecule has 0 amide bonds. The van der Waals surface area contributed by atoms with Crippen molar-refractivity contribution in [3.8, 4) is 11.5 Å². The lowest BCUT2D eigenvalue weighted by molar-refractivity contribution is 0.0668. The molecule has 0 bridgehead atoms. The van der Waals surface area contributed by atoms with Crippen molar-refractivity contribution in [2.45, 2.75) is 39.0 Å². The molecule has 0 spiro atoms. The summed E-state index contributed by atoms with van der Waals surface area (Å²) >= 11 is 0. The third-order valence-corrected chi connectivity index (χ3v) is 5.82. The number of nitrogens with one attached hydrogen (secondary N) is 1. The normalized spacial score (nSPS) is 12.5. The van der Waals surface area contributed by atoms with Gasteiger partial charge < -0.3 is 24.8 Å². The number of nitrogens with zero attached hydrogens (tertiary/aromatic N) is 1. The van der Waals surface area contributed by atoms with E-state index in [4.69, 9.17) is 9.47 Å². The number of hydrogen-bond donors (Lipinski definition) is 2. The van der Waals surface area contributed by atoms with Crippen molar-refractivity contribution in [3.05, 3.63) is 71.8 Å². The van der Waals surface area contributed by atoms with Gasteiger partial charge in [-0.2, -0.15) is 0 Å². The zero-order valence-electron chi connectivity index (χ0n) is 19.7. The van der Waals surface area contributed by atoms with Gasteiger partial charge in [0.05, 0.1) is 7.11 Å². The van der Waals surface area contributed by atoms with E-state index < -0.39 is 6.10 Å². The molecule has 3 aromatic carbocycles. The molecule has 5 nitrogen and oxygen atoms in total. The predicted octanol–water partition coefficient (Wildman–Crippen LogP) is 4.26. The van der Waals surface area contributed by atoms with Crippen LogP contribution < -0.4 is 14.8 Å². The van der Waals surface area contributed by atoms with E-state index >= 15 is 0 Å². The van der Waals surface area contributed by atoms with Gasteiger partial charge in [0, 0.05) is 19.1 Å². The Bertz CT molecular complexity index is 984. The lowest BCUT2D eigenvalue weighted by Gasteiger charge is -2.24. The van der Waals surface area contributed by atoms with Crippen LogP contribution in [0.3, 0.4) is 0 Å². The molecule has 3 aromatic rings. The highest BCUT2D eigenvalue weighted by Crippen LogP contribution is 2.28. The Kier molecular flexibility index (Phi) is 8.91. The molecule has 0 aliphatic heterocycles. The van der Waals surface area contributed by atoms with E-state index in [0.717, 1.165) is 25.1 Å². The molecular weight excluding hydrogens is 400 g/mol. The Hall–Kier alpha value is -2.60. The Morgan fingerprint density at radius 2 is 1.78 bits per heavy atom. The molecule has 1 unspecified atom stereocenters. The first-order chi connectivity index (χ1) is 15.5. The molecule has 0 radical (unpaired) electrons. The van der Waals surface area contributed by atoms with E-state index in [9.17, 15) is 5.11 Å². The summed E-state index contributed by atoms with van der Waals surface area (Å²) in [7, 11) is 3.64. The minimum Gasteiger partial charge on any atom is -0.493 e. The third kappa shape index (κ3) is 6.70. The minimum absolute atomic E-state index is 0.232. The van der Waals surface area contributed by atoms with Crippen molar-refractivity contribution in [2.75, 3.05) is 33.9 Å². The second-order valence-corrected chi connectivity index (χ2v) is 8.55. The Labute approximate surface area is 192 Å². The number of aliphatic hydroxyl groups is 1. The molecule has 3 rings (SSSR count). The van der Waals surface area contributed by atoms with Crippen molar-refractivity contribution >= 4 is 10.8 Å². The summed E-state index contributed by atoms with van der Waals surface area (Å²) in [5.41, 5.74) is 2.49. The maximum absolute atomic E-state index is 10.2. The molecule has 5 heteroatoms. The van der Waals surface area contributed by atoms with Crippen molar-refractivity contribution < 1.29 is 14.6 Å². The van der Waals surface area contributed by atoms with Crippen LogP contribution in [0.5, 0.6) is 11.5 Å². The molecule has 0 saturated heterocycles.